The Morgan fingerprint density at radius 1 is 1.40 bits per heavy atom. The van der Waals surface area contributed by atoms with Crippen LogP contribution in [-0.2, 0) is 4.79 Å². The summed E-state index contributed by atoms with van der Waals surface area (Å²) in [5.41, 5.74) is 0.935. The van der Waals surface area contributed by atoms with Crippen molar-refractivity contribution in [3.8, 4) is 5.75 Å². The van der Waals surface area contributed by atoms with Gasteiger partial charge in [0.1, 0.15) is 5.75 Å². The number of carbonyl (C=O) groups excluding carboxylic acids is 1. The van der Waals surface area contributed by atoms with Crippen molar-refractivity contribution >= 4 is 12.0 Å². The van der Waals surface area contributed by atoms with Crippen molar-refractivity contribution in [2.45, 2.75) is 39.2 Å². The largest absolute Gasteiger partial charge is 0.493 e. The Labute approximate surface area is 121 Å². The van der Waals surface area contributed by atoms with E-state index < -0.39 is 0 Å². The van der Waals surface area contributed by atoms with Gasteiger partial charge in [0.2, 0.25) is 5.91 Å². The second kappa shape index (κ2) is 7.13. The van der Waals surface area contributed by atoms with E-state index in [1.54, 1.807) is 6.08 Å². The van der Waals surface area contributed by atoms with Crippen LogP contribution >= 0.6 is 0 Å². The molecule has 2 atom stereocenters. The Morgan fingerprint density at radius 2 is 2.20 bits per heavy atom. The number of para-hydroxylation sites is 1. The monoisotopic (exact) mass is 273 g/mol. The number of nitrogens with one attached hydrogen (secondary N) is 1. The van der Waals surface area contributed by atoms with Crippen molar-refractivity contribution < 1.29 is 9.53 Å². The predicted molar refractivity (Wildman–Crippen MR) is 81.6 cm³/mol. The molecule has 1 amide bonds. The standard InChI is InChI=1S/C17H23NO2/c1-3-20-16-7-5-4-6-14(16)9-11-17(19)18-15-10-8-13(2)12-15/h4-7,9,11,13,15H,3,8,10,12H2,1-2H3,(H,18,19)/b11-9+. The van der Waals surface area contributed by atoms with Crippen LogP contribution < -0.4 is 10.1 Å². The molecule has 0 aromatic heterocycles. The van der Waals surface area contributed by atoms with Crippen molar-refractivity contribution in [2.75, 3.05) is 6.61 Å². The van der Waals surface area contributed by atoms with Gasteiger partial charge in [0.05, 0.1) is 6.61 Å². The van der Waals surface area contributed by atoms with Crippen LogP contribution in [0.4, 0.5) is 0 Å². The molecule has 3 nitrogen and oxygen atoms in total. The molecule has 0 spiro atoms. The van der Waals surface area contributed by atoms with E-state index in [9.17, 15) is 4.79 Å². The molecule has 0 aliphatic heterocycles. The van der Waals surface area contributed by atoms with Gasteiger partial charge in [0.15, 0.2) is 0 Å². The lowest BCUT2D eigenvalue weighted by Gasteiger charge is -2.10. The van der Waals surface area contributed by atoms with Crippen molar-refractivity contribution in [1.29, 1.82) is 0 Å². The van der Waals surface area contributed by atoms with Gasteiger partial charge in [-0.05, 0) is 44.2 Å². The molecule has 108 valence electrons. The Balaban J connectivity index is 1.93. The molecule has 2 rings (SSSR count). The molecule has 1 aromatic carbocycles. The number of carbonyl (C=O) groups is 1. The molecule has 0 radical (unpaired) electrons. The van der Waals surface area contributed by atoms with E-state index in [-0.39, 0.29) is 5.91 Å². The first-order valence-electron chi connectivity index (χ1n) is 7.39. The van der Waals surface area contributed by atoms with Crippen LogP contribution in [0.25, 0.3) is 6.08 Å². The van der Waals surface area contributed by atoms with E-state index in [0.717, 1.165) is 30.1 Å². The summed E-state index contributed by atoms with van der Waals surface area (Å²) < 4.78 is 5.53. The van der Waals surface area contributed by atoms with Crippen LogP contribution in [0.15, 0.2) is 30.3 Å². The van der Waals surface area contributed by atoms with Crippen LogP contribution in [0.5, 0.6) is 5.75 Å². The van der Waals surface area contributed by atoms with E-state index in [4.69, 9.17) is 4.74 Å². The fourth-order valence-electron chi connectivity index (χ4n) is 2.66. The van der Waals surface area contributed by atoms with Crippen LogP contribution in [-0.4, -0.2) is 18.6 Å². The van der Waals surface area contributed by atoms with Gasteiger partial charge in [0, 0.05) is 17.7 Å². The molecule has 1 fully saturated rings. The van der Waals surface area contributed by atoms with Gasteiger partial charge in [-0.2, -0.15) is 0 Å². The van der Waals surface area contributed by atoms with Crippen LogP contribution in [0.2, 0.25) is 0 Å². The summed E-state index contributed by atoms with van der Waals surface area (Å²) in [7, 11) is 0. The average Bonchev–Trinajstić information content (AvgIpc) is 2.83. The minimum atomic E-state index is -0.0181. The molecule has 1 aliphatic carbocycles. The molecule has 20 heavy (non-hydrogen) atoms. The van der Waals surface area contributed by atoms with Crippen molar-refractivity contribution in [3.05, 3.63) is 35.9 Å². The molecule has 1 aromatic rings. The van der Waals surface area contributed by atoms with E-state index in [1.165, 1.54) is 6.42 Å². The number of amides is 1. The quantitative estimate of drug-likeness (QED) is 0.835. The van der Waals surface area contributed by atoms with Gasteiger partial charge in [-0.3, -0.25) is 4.79 Å². The van der Waals surface area contributed by atoms with Crippen molar-refractivity contribution in [1.82, 2.24) is 5.32 Å². The summed E-state index contributed by atoms with van der Waals surface area (Å²) in [6.07, 6.45) is 6.81. The van der Waals surface area contributed by atoms with Gasteiger partial charge < -0.3 is 10.1 Å². The second-order valence-electron chi connectivity index (χ2n) is 5.43. The Morgan fingerprint density at radius 3 is 2.90 bits per heavy atom. The Hall–Kier alpha value is -1.77. The smallest absolute Gasteiger partial charge is 0.244 e. The molecule has 1 aliphatic rings. The molecular weight excluding hydrogens is 250 g/mol. The summed E-state index contributed by atoms with van der Waals surface area (Å²) in [5.74, 6) is 1.52. The molecule has 1 N–H and O–H groups in total. The number of benzene rings is 1. The maximum atomic E-state index is 11.9. The van der Waals surface area contributed by atoms with Crippen molar-refractivity contribution in [3.63, 3.8) is 0 Å². The first kappa shape index (κ1) is 14.6. The maximum Gasteiger partial charge on any atom is 0.244 e. The van der Waals surface area contributed by atoms with Gasteiger partial charge >= 0.3 is 0 Å². The zero-order valence-corrected chi connectivity index (χ0v) is 12.3. The third kappa shape index (κ3) is 4.12. The highest BCUT2D eigenvalue weighted by molar-refractivity contribution is 5.92. The molecule has 3 heteroatoms. The molecule has 0 bridgehead atoms. The lowest BCUT2D eigenvalue weighted by molar-refractivity contribution is -0.117. The molecule has 0 heterocycles. The van der Waals surface area contributed by atoms with Crippen molar-refractivity contribution in [2.24, 2.45) is 5.92 Å². The van der Waals surface area contributed by atoms with Crippen LogP contribution in [0.1, 0.15) is 38.7 Å². The first-order valence-corrected chi connectivity index (χ1v) is 7.39. The Kier molecular flexibility index (Phi) is 5.22. The molecular formula is C17H23NO2. The van der Waals surface area contributed by atoms with Crippen LogP contribution in [0.3, 0.4) is 0 Å². The fourth-order valence-corrected chi connectivity index (χ4v) is 2.66. The number of ether oxygens (including phenoxy) is 1. The summed E-state index contributed by atoms with van der Waals surface area (Å²) in [5, 5.41) is 3.06. The van der Waals surface area contributed by atoms with Gasteiger partial charge in [-0.1, -0.05) is 25.1 Å². The first-order chi connectivity index (χ1) is 9.69. The molecule has 2 unspecified atom stereocenters. The Bertz CT molecular complexity index is 482. The summed E-state index contributed by atoms with van der Waals surface area (Å²) in [6, 6.07) is 8.08. The highest BCUT2D eigenvalue weighted by Crippen LogP contribution is 2.24. The van der Waals surface area contributed by atoms with Gasteiger partial charge in [-0.15, -0.1) is 0 Å². The fraction of sp³-hybridized carbons (Fsp3) is 0.471. The predicted octanol–water partition coefficient (Wildman–Crippen LogP) is 3.40. The number of rotatable bonds is 5. The normalized spacial score (nSPS) is 22.1. The molecule has 1 saturated carbocycles. The van der Waals surface area contributed by atoms with E-state index >= 15 is 0 Å². The number of hydrogen-bond acceptors (Lipinski definition) is 2. The van der Waals surface area contributed by atoms with E-state index in [1.807, 2.05) is 37.3 Å². The minimum absolute atomic E-state index is 0.0181. The van der Waals surface area contributed by atoms with Gasteiger partial charge in [0.25, 0.3) is 0 Å². The highest BCUT2D eigenvalue weighted by Gasteiger charge is 2.21. The molecule has 0 saturated heterocycles. The summed E-state index contributed by atoms with van der Waals surface area (Å²) in [4.78, 5) is 11.9. The zero-order chi connectivity index (χ0) is 14.4. The van der Waals surface area contributed by atoms with E-state index in [2.05, 4.69) is 12.2 Å². The van der Waals surface area contributed by atoms with Gasteiger partial charge in [-0.25, -0.2) is 0 Å². The third-order valence-electron chi connectivity index (χ3n) is 3.67. The second-order valence-corrected chi connectivity index (χ2v) is 5.43. The maximum absolute atomic E-state index is 11.9. The third-order valence-corrected chi connectivity index (χ3v) is 3.67. The SMILES string of the molecule is CCOc1ccccc1/C=C/C(=O)NC1CCC(C)C1. The minimum Gasteiger partial charge on any atom is -0.493 e. The summed E-state index contributed by atoms with van der Waals surface area (Å²) >= 11 is 0. The number of hydrogen-bond donors (Lipinski definition) is 1. The van der Waals surface area contributed by atoms with Crippen LogP contribution in [0, 0.1) is 5.92 Å². The average molecular weight is 273 g/mol. The lowest BCUT2D eigenvalue weighted by atomic mass is 10.1. The van der Waals surface area contributed by atoms with E-state index in [0.29, 0.717) is 12.6 Å². The zero-order valence-electron chi connectivity index (χ0n) is 12.3. The summed E-state index contributed by atoms with van der Waals surface area (Å²) in [6.45, 7) is 4.81. The topological polar surface area (TPSA) is 38.3 Å². The highest BCUT2D eigenvalue weighted by atomic mass is 16.5. The lowest BCUT2D eigenvalue weighted by Crippen LogP contribution is -2.31.